The fraction of sp³-hybridized carbons (Fsp3) is 0.280. The molecular formula is C25H23N3O3S. The molecule has 1 unspecified atom stereocenters. The SMILES string of the molecule is CCC(c1nc2n(c(=O)c1Cc1ccccc1)CCCS2)N1C(=O)c2ccccc2C1=O. The number of hydrogen-bond donors (Lipinski definition) is 0. The lowest BCUT2D eigenvalue weighted by Crippen LogP contribution is -2.38. The molecule has 0 bridgehead atoms. The van der Waals surface area contributed by atoms with Crippen LogP contribution in [-0.4, -0.2) is 32.0 Å². The highest BCUT2D eigenvalue weighted by molar-refractivity contribution is 7.99. The van der Waals surface area contributed by atoms with Gasteiger partial charge in [-0.05, 0) is 30.5 Å². The summed E-state index contributed by atoms with van der Waals surface area (Å²) in [6.07, 6.45) is 1.80. The van der Waals surface area contributed by atoms with E-state index in [-0.39, 0.29) is 17.4 Å². The van der Waals surface area contributed by atoms with Crippen molar-refractivity contribution in [1.29, 1.82) is 0 Å². The number of thioether (sulfide) groups is 1. The van der Waals surface area contributed by atoms with E-state index in [2.05, 4.69) is 0 Å². The lowest BCUT2D eigenvalue weighted by atomic mass is 9.98. The van der Waals surface area contributed by atoms with Crippen LogP contribution in [0.4, 0.5) is 0 Å². The molecule has 162 valence electrons. The minimum atomic E-state index is -0.595. The minimum absolute atomic E-state index is 0.0730. The summed E-state index contributed by atoms with van der Waals surface area (Å²) in [5.41, 5.74) is 2.83. The molecule has 3 heterocycles. The normalized spacial score (nSPS) is 16.1. The third kappa shape index (κ3) is 3.37. The molecule has 1 atom stereocenters. The monoisotopic (exact) mass is 445 g/mol. The van der Waals surface area contributed by atoms with E-state index >= 15 is 0 Å². The lowest BCUT2D eigenvalue weighted by molar-refractivity contribution is 0.0572. The van der Waals surface area contributed by atoms with Gasteiger partial charge in [0, 0.05) is 24.3 Å². The fourth-order valence-electron chi connectivity index (χ4n) is 4.51. The van der Waals surface area contributed by atoms with Gasteiger partial charge in [0.2, 0.25) is 0 Å². The zero-order valence-electron chi connectivity index (χ0n) is 17.8. The van der Waals surface area contributed by atoms with Gasteiger partial charge in [-0.3, -0.25) is 23.9 Å². The molecule has 0 saturated carbocycles. The lowest BCUT2D eigenvalue weighted by Gasteiger charge is -2.28. The molecule has 2 amide bonds. The van der Waals surface area contributed by atoms with E-state index in [4.69, 9.17) is 4.98 Å². The maximum absolute atomic E-state index is 13.6. The molecule has 5 rings (SSSR count). The van der Waals surface area contributed by atoms with Crippen LogP contribution in [0.2, 0.25) is 0 Å². The maximum Gasteiger partial charge on any atom is 0.262 e. The molecule has 2 aliphatic rings. The molecule has 0 spiro atoms. The second-order valence-corrected chi connectivity index (χ2v) is 9.09. The van der Waals surface area contributed by atoms with Crippen molar-refractivity contribution < 1.29 is 9.59 Å². The molecule has 6 nitrogen and oxygen atoms in total. The summed E-state index contributed by atoms with van der Waals surface area (Å²) in [5.74, 6) is 0.249. The highest BCUT2D eigenvalue weighted by atomic mass is 32.2. The zero-order valence-corrected chi connectivity index (χ0v) is 18.6. The largest absolute Gasteiger partial charge is 0.287 e. The van der Waals surface area contributed by atoms with Crippen LogP contribution in [0.25, 0.3) is 0 Å². The molecule has 0 fully saturated rings. The van der Waals surface area contributed by atoms with Gasteiger partial charge in [0.05, 0.1) is 22.9 Å². The van der Waals surface area contributed by atoms with Gasteiger partial charge >= 0.3 is 0 Å². The standard InChI is InChI=1S/C25H23N3O3S/c1-2-20(28-23(30)17-11-6-7-12-18(17)24(28)31)21-19(15-16-9-4-3-5-10-16)22(29)27-13-8-14-32-25(27)26-21/h3-7,9-12,20H,2,8,13-15H2,1H3. The molecule has 3 aromatic rings. The number of carbonyl (C=O) groups excluding carboxylic acids is 2. The van der Waals surface area contributed by atoms with E-state index < -0.39 is 6.04 Å². The molecule has 0 N–H and O–H groups in total. The molecule has 0 aliphatic carbocycles. The van der Waals surface area contributed by atoms with Gasteiger partial charge in [-0.2, -0.15) is 0 Å². The van der Waals surface area contributed by atoms with Crippen LogP contribution in [0, 0.1) is 0 Å². The van der Waals surface area contributed by atoms with E-state index in [0.717, 1.165) is 17.7 Å². The quantitative estimate of drug-likeness (QED) is 0.437. The Hall–Kier alpha value is -3.19. The average molecular weight is 446 g/mol. The molecule has 7 heteroatoms. The van der Waals surface area contributed by atoms with E-state index in [0.29, 0.717) is 46.9 Å². The van der Waals surface area contributed by atoms with Crippen molar-refractivity contribution in [3.8, 4) is 0 Å². The summed E-state index contributed by atoms with van der Waals surface area (Å²) < 4.78 is 1.74. The number of hydrogen-bond acceptors (Lipinski definition) is 5. The van der Waals surface area contributed by atoms with Crippen molar-refractivity contribution in [1.82, 2.24) is 14.5 Å². The number of imide groups is 1. The Kier molecular flexibility index (Phi) is 5.43. The first-order valence-electron chi connectivity index (χ1n) is 10.9. The van der Waals surface area contributed by atoms with Crippen molar-refractivity contribution in [2.24, 2.45) is 0 Å². The second kappa shape index (κ2) is 8.39. The Labute approximate surface area is 190 Å². The number of amides is 2. The van der Waals surface area contributed by atoms with Crippen LogP contribution in [0.15, 0.2) is 64.5 Å². The predicted octanol–water partition coefficient (Wildman–Crippen LogP) is 4.08. The number of nitrogens with zero attached hydrogens (tertiary/aromatic N) is 3. The molecular weight excluding hydrogens is 422 g/mol. The molecule has 0 radical (unpaired) electrons. The topological polar surface area (TPSA) is 72.3 Å². The van der Waals surface area contributed by atoms with Crippen molar-refractivity contribution in [2.75, 3.05) is 5.75 Å². The van der Waals surface area contributed by atoms with E-state index in [1.54, 1.807) is 40.6 Å². The van der Waals surface area contributed by atoms with Crippen molar-refractivity contribution in [3.05, 3.63) is 92.9 Å². The summed E-state index contributed by atoms with van der Waals surface area (Å²) in [7, 11) is 0. The molecule has 0 saturated heterocycles. The summed E-state index contributed by atoms with van der Waals surface area (Å²) >= 11 is 1.55. The van der Waals surface area contributed by atoms with Crippen LogP contribution in [0.3, 0.4) is 0 Å². The average Bonchev–Trinajstić information content (AvgIpc) is 3.08. The van der Waals surface area contributed by atoms with Crippen LogP contribution in [0.1, 0.15) is 63.3 Å². The van der Waals surface area contributed by atoms with E-state index in [9.17, 15) is 14.4 Å². The second-order valence-electron chi connectivity index (χ2n) is 8.03. The third-order valence-corrected chi connectivity index (χ3v) is 7.14. The van der Waals surface area contributed by atoms with Crippen LogP contribution in [0.5, 0.6) is 0 Å². The Balaban J connectivity index is 1.66. The molecule has 2 aliphatic heterocycles. The molecule has 2 aromatic carbocycles. The van der Waals surface area contributed by atoms with Crippen molar-refractivity contribution >= 4 is 23.6 Å². The van der Waals surface area contributed by atoms with Crippen LogP contribution in [-0.2, 0) is 13.0 Å². The Bertz CT molecular complexity index is 1230. The summed E-state index contributed by atoms with van der Waals surface area (Å²) in [4.78, 5) is 46.2. The Morgan fingerprint density at radius 2 is 1.62 bits per heavy atom. The summed E-state index contributed by atoms with van der Waals surface area (Å²) in [5, 5.41) is 0.670. The van der Waals surface area contributed by atoms with E-state index in [1.807, 2.05) is 37.3 Å². The van der Waals surface area contributed by atoms with Gasteiger partial charge in [-0.15, -0.1) is 0 Å². The summed E-state index contributed by atoms with van der Waals surface area (Å²) in [6.45, 7) is 2.56. The maximum atomic E-state index is 13.6. The highest BCUT2D eigenvalue weighted by Gasteiger charge is 2.41. The molecule has 1 aromatic heterocycles. The third-order valence-electron chi connectivity index (χ3n) is 6.08. The smallest absolute Gasteiger partial charge is 0.262 e. The first kappa shape index (κ1) is 20.7. The predicted molar refractivity (Wildman–Crippen MR) is 123 cm³/mol. The summed E-state index contributed by atoms with van der Waals surface area (Å²) in [6, 6.07) is 16.1. The number of aromatic nitrogens is 2. The van der Waals surface area contributed by atoms with Gasteiger partial charge in [-0.25, -0.2) is 4.98 Å². The Morgan fingerprint density at radius 1 is 0.969 bits per heavy atom. The first-order valence-corrected chi connectivity index (χ1v) is 11.9. The van der Waals surface area contributed by atoms with Crippen molar-refractivity contribution in [3.63, 3.8) is 0 Å². The minimum Gasteiger partial charge on any atom is -0.287 e. The number of fused-ring (bicyclic) bond motifs is 2. The Morgan fingerprint density at radius 3 is 2.28 bits per heavy atom. The van der Waals surface area contributed by atoms with Gasteiger partial charge in [-0.1, -0.05) is 61.2 Å². The van der Waals surface area contributed by atoms with Gasteiger partial charge in [0.15, 0.2) is 5.16 Å². The van der Waals surface area contributed by atoms with Gasteiger partial charge in [0.25, 0.3) is 17.4 Å². The number of rotatable bonds is 5. The number of benzene rings is 2. The van der Waals surface area contributed by atoms with Crippen LogP contribution < -0.4 is 5.56 Å². The van der Waals surface area contributed by atoms with Gasteiger partial charge < -0.3 is 0 Å². The van der Waals surface area contributed by atoms with Gasteiger partial charge in [0.1, 0.15) is 0 Å². The first-order chi connectivity index (χ1) is 15.6. The molecule has 32 heavy (non-hydrogen) atoms. The van der Waals surface area contributed by atoms with Crippen molar-refractivity contribution in [2.45, 2.75) is 43.9 Å². The van der Waals surface area contributed by atoms with E-state index in [1.165, 1.54) is 4.90 Å². The van der Waals surface area contributed by atoms with Crippen LogP contribution >= 0.6 is 11.8 Å². The fourth-order valence-corrected chi connectivity index (χ4v) is 5.46. The number of carbonyl (C=O) groups is 2. The highest BCUT2D eigenvalue weighted by Crippen LogP contribution is 2.35. The zero-order chi connectivity index (χ0) is 22.2.